The third-order valence-electron chi connectivity index (χ3n) is 0.182. The van der Waals surface area contributed by atoms with E-state index < -0.39 is 7.32 Å². The molecule has 1 rings (SSSR count). The van der Waals surface area contributed by atoms with Crippen molar-refractivity contribution in [3.63, 3.8) is 0 Å². The molecule has 0 atom stereocenters. The van der Waals surface area contributed by atoms with E-state index in [-0.39, 0.29) is 0 Å². The zero-order valence-corrected chi connectivity index (χ0v) is 1.84. The Kier molecular flexibility index (Phi) is 0.250. The van der Waals surface area contributed by atoms with Crippen molar-refractivity contribution < 1.29 is 14.6 Å². The summed E-state index contributed by atoms with van der Waals surface area (Å²) in [6.45, 7) is 0. The van der Waals surface area contributed by atoms with Crippen LogP contribution in [0.3, 0.4) is 0 Å². The molecule has 3 nitrogen and oxygen atoms in total. The average Bonchev–Trinajstić information content (AvgIpc) is 1.75. The molecule has 1 N–H and O–H groups in total. The second kappa shape index (κ2) is 0.456. The lowest BCUT2D eigenvalue weighted by Gasteiger charge is -1.33. The van der Waals surface area contributed by atoms with Crippen molar-refractivity contribution in [1.29, 1.82) is 0 Å². The fourth-order valence-corrected chi connectivity index (χ4v) is 0.0248. The van der Waals surface area contributed by atoms with Gasteiger partial charge in [-0.15, -0.1) is 0 Å². The van der Waals surface area contributed by atoms with Crippen LogP contribution in [0.4, 0.5) is 0 Å². The first kappa shape index (κ1) is 2.20. The molecule has 4 heavy (non-hydrogen) atoms. The van der Waals surface area contributed by atoms with Gasteiger partial charge in [0.05, 0.1) is 0 Å². The maximum atomic E-state index is 7.72. The van der Waals surface area contributed by atoms with E-state index >= 15 is 0 Å². The molecule has 0 aliphatic carbocycles. The average molecular weight is 59.8 g/mol. The summed E-state index contributed by atoms with van der Waals surface area (Å²) in [6.07, 6.45) is 0. The standard InChI is InChI=1S/BHO3/c2-1-3-4-1/h2H. The van der Waals surface area contributed by atoms with Gasteiger partial charge in [0.2, 0.25) is 0 Å². The summed E-state index contributed by atoms with van der Waals surface area (Å²) in [5, 5.41) is 7.72. The molecule has 4 heteroatoms. The lowest BCUT2D eigenvalue weighted by Crippen LogP contribution is -1.78. The van der Waals surface area contributed by atoms with E-state index in [0.29, 0.717) is 0 Å². The minimum Gasteiger partial charge on any atom is -0.399 e. The molecule has 0 bridgehead atoms. The van der Waals surface area contributed by atoms with Gasteiger partial charge in [-0.3, -0.25) is 0 Å². The van der Waals surface area contributed by atoms with Crippen LogP contribution >= 0.6 is 0 Å². The summed E-state index contributed by atoms with van der Waals surface area (Å²) in [5.74, 6) is 0. The molecule has 0 aromatic heterocycles. The molecule has 1 heterocycles. The Morgan fingerprint density at radius 3 is 1.75 bits per heavy atom. The van der Waals surface area contributed by atoms with Crippen LogP contribution in [0.15, 0.2) is 0 Å². The SMILES string of the molecule is OB1OO1. The maximum absolute atomic E-state index is 7.72. The van der Waals surface area contributed by atoms with Gasteiger partial charge in [-0.1, -0.05) is 0 Å². The van der Waals surface area contributed by atoms with E-state index in [0.717, 1.165) is 0 Å². The molecule has 0 unspecified atom stereocenters. The second-order valence-corrected chi connectivity index (χ2v) is 0.499. The first-order valence-electron chi connectivity index (χ1n) is 0.896. The Bertz CT molecular complexity index is 22.5. The van der Waals surface area contributed by atoms with Gasteiger partial charge in [-0.25, -0.2) is 9.61 Å². The summed E-state index contributed by atoms with van der Waals surface area (Å²) < 4.78 is 0. The van der Waals surface area contributed by atoms with E-state index in [1.165, 1.54) is 0 Å². The smallest absolute Gasteiger partial charge is 0.399 e. The van der Waals surface area contributed by atoms with E-state index in [1.54, 1.807) is 0 Å². The zero-order valence-electron chi connectivity index (χ0n) is 1.84. The van der Waals surface area contributed by atoms with Crippen molar-refractivity contribution in [2.45, 2.75) is 0 Å². The Morgan fingerprint density at radius 1 is 1.50 bits per heavy atom. The van der Waals surface area contributed by atoms with Crippen molar-refractivity contribution in [2.75, 3.05) is 0 Å². The van der Waals surface area contributed by atoms with Gasteiger partial charge in [0.25, 0.3) is 0 Å². The first-order valence-corrected chi connectivity index (χ1v) is 0.896. The monoisotopic (exact) mass is 60.0 g/mol. The highest BCUT2D eigenvalue weighted by Gasteiger charge is 2.33. The molecule has 0 radical (unpaired) electrons. The van der Waals surface area contributed by atoms with Crippen LogP contribution in [0.2, 0.25) is 0 Å². The van der Waals surface area contributed by atoms with E-state index in [1.807, 2.05) is 0 Å². The van der Waals surface area contributed by atoms with E-state index in [2.05, 4.69) is 9.61 Å². The highest BCUT2D eigenvalue weighted by molar-refractivity contribution is 6.40. The van der Waals surface area contributed by atoms with Crippen LogP contribution in [0.5, 0.6) is 0 Å². The van der Waals surface area contributed by atoms with Gasteiger partial charge in [0, 0.05) is 0 Å². The Balaban J connectivity index is 2.17. The maximum Gasteiger partial charge on any atom is 0.691 e. The number of hydrogen-bond acceptors (Lipinski definition) is 3. The number of rotatable bonds is 0. The third kappa shape index (κ3) is 0.200. The molecule has 1 aliphatic rings. The molecule has 0 amide bonds. The Hall–Kier alpha value is -0.0551. The van der Waals surface area contributed by atoms with Crippen molar-refractivity contribution in [2.24, 2.45) is 0 Å². The lowest BCUT2D eigenvalue weighted by atomic mass is 10.3. The quantitative estimate of drug-likeness (QED) is 0.220. The fraction of sp³-hybridized carbons (Fsp3) is 0. The van der Waals surface area contributed by atoms with Crippen LogP contribution in [-0.2, 0) is 9.61 Å². The summed E-state index contributed by atoms with van der Waals surface area (Å²) >= 11 is 0. The largest absolute Gasteiger partial charge is 0.691 e. The number of hydrogen-bond donors (Lipinski definition) is 1. The minimum absolute atomic E-state index is 0.917. The highest BCUT2D eigenvalue weighted by Crippen LogP contribution is 1.98. The Labute approximate surface area is 23.2 Å². The second-order valence-electron chi connectivity index (χ2n) is 0.499. The van der Waals surface area contributed by atoms with Crippen molar-refractivity contribution in [3.8, 4) is 0 Å². The Morgan fingerprint density at radius 2 is 1.75 bits per heavy atom. The van der Waals surface area contributed by atoms with E-state index in [9.17, 15) is 0 Å². The molecule has 0 aromatic carbocycles. The van der Waals surface area contributed by atoms with Gasteiger partial charge in [0.1, 0.15) is 0 Å². The lowest BCUT2D eigenvalue weighted by molar-refractivity contribution is 0.0850. The summed E-state index contributed by atoms with van der Waals surface area (Å²) in [5.41, 5.74) is 0. The zero-order chi connectivity index (χ0) is 2.99. The van der Waals surface area contributed by atoms with Crippen LogP contribution in [-0.4, -0.2) is 12.3 Å². The molecular weight excluding hydrogens is 58.8 g/mol. The highest BCUT2D eigenvalue weighted by atomic mass is 17.3. The molecule has 1 aliphatic heterocycles. The normalized spacial score (nSPS) is 21.8. The summed E-state index contributed by atoms with van der Waals surface area (Å²) in [6, 6.07) is 0. The van der Waals surface area contributed by atoms with Crippen LogP contribution < -0.4 is 0 Å². The van der Waals surface area contributed by atoms with Crippen LogP contribution in [0, 0.1) is 0 Å². The van der Waals surface area contributed by atoms with Gasteiger partial charge in [-0.2, -0.15) is 0 Å². The van der Waals surface area contributed by atoms with Gasteiger partial charge in [0.15, 0.2) is 0 Å². The molecule has 1 saturated heterocycles. The van der Waals surface area contributed by atoms with Crippen molar-refractivity contribution in [3.05, 3.63) is 0 Å². The molecule has 0 spiro atoms. The van der Waals surface area contributed by atoms with E-state index in [4.69, 9.17) is 5.02 Å². The predicted molar refractivity (Wildman–Crippen MR) is 10.1 cm³/mol. The minimum atomic E-state index is -0.917. The van der Waals surface area contributed by atoms with Crippen molar-refractivity contribution in [1.82, 2.24) is 0 Å². The molecule has 22 valence electrons. The van der Waals surface area contributed by atoms with Crippen LogP contribution in [0.25, 0.3) is 0 Å². The molecular formula is HBO3. The van der Waals surface area contributed by atoms with Gasteiger partial charge >= 0.3 is 7.32 Å². The van der Waals surface area contributed by atoms with Crippen LogP contribution in [0.1, 0.15) is 0 Å². The van der Waals surface area contributed by atoms with Gasteiger partial charge < -0.3 is 5.02 Å². The summed E-state index contributed by atoms with van der Waals surface area (Å²) in [7, 11) is -0.917. The topological polar surface area (TPSA) is 45.3 Å². The third-order valence-corrected chi connectivity index (χ3v) is 0.182. The molecule has 1 fully saturated rings. The predicted octanol–water partition coefficient (Wildman–Crippen LogP) is -1.07. The first-order chi connectivity index (χ1) is 1.89. The van der Waals surface area contributed by atoms with Gasteiger partial charge in [-0.05, 0) is 0 Å². The molecule has 0 aromatic rings. The molecule has 0 saturated carbocycles. The van der Waals surface area contributed by atoms with Crippen molar-refractivity contribution >= 4 is 7.32 Å². The summed E-state index contributed by atoms with van der Waals surface area (Å²) in [4.78, 5) is 7.53. The fourth-order valence-electron chi connectivity index (χ4n) is 0.0248.